The van der Waals surface area contributed by atoms with Gasteiger partial charge >= 0.3 is 0 Å². The minimum atomic E-state index is -0.176. The molecule has 0 saturated carbocycles. The number of carbonyl (C=O) groups excluding carboxylic acids is 2. The minimum Gasteiger partial charge on any atom is -0.454 e. The second-order valence-electron chi connectivity index (χ2n) is 5.47. The molecule has 0 saturated heterocycles. The second-order valence-corrected chi connectivity index (χ2v) is 5.47. The number of rotatable bonds is 3. The predicted octanol–water partition coefficient (Wildman–Crippen LogP) is 1.84. The fraction of sp³-hybridized carbons (Fsp3) is 0.176. The van der Waals surface area contributed by atoms with E-state index in [4.69, 9.17) is 9.47 Å². The van der Waals surface area contributed by atoms with Crippen LogP contribution in [0.5, 0.6) is 11.5 Å². The Balaban J connectivity index is 1.44. The Hall–Kier alpha value is -3.02. The first-order chi connectivity index (χ1) is 11.2. The molecule has 23 heavy (non-hydrogen) atoms. The van der Waals surface area contributed by atoms with Crippen molar-refractivity contribution in [3.8, 4) is 11.5 Å². The summed E-state index contributed by atoms with van der Waals surface area (Å²) in [5.41, 5.74) is 3.11. The van der Waals surface area contributed by atoms with Gasteiger partial charge in [-0.15, -0.1) is 0 Å². The molecule has 0 spiro atoms. The van der Waals surface area contributed by atoms with Crippen LogP contribution in [0, 0.1) is 0 Å². The lowest BCUT2D eigenvalue weighted by molar-refractivity contribution is -0.115. The lowest BCUT2D eigenvalue weighted by atomic mass is 10.1. The van der Waals surface area contributed by atoms with Crippen molar-refractivity contribution in [2.75, 3.05) is 12.1 Å². The van der Waals surface area contributed by atoms with Crippen LogP contribution in [0.3, 0.4) is 0 Å². The molecule has 2 aliphatic rings. The molecule has 2 aromatic carbocycles. The zero-order valence-corrected chi connectivity index (χ0v) is 12.2. The van der Waals surface area contributed by atoms with Gasteiger partial charge in [0, 0.05) is 17.8 Å². The number of anilines is 1. The quantitative estimate of drug-likeness (QED) is 0.907. The third-order valence-electron chi connectivity index (χ3n) is 3.88. The maximum absolute atomic E-state index is 12.3. The molecule has 0 bridgehead atoms. The largest absolute Gasteiger partial charge is 0.454 e. The summed E-state index contributed by atoms with van der Waals surface area (Å²) >= 11 is 0. The van der Waals surface area contributed by atoms with Crippen LogP contribution in [0.1, 0.15) is 21.5 Å². The van der Waals surface area contributed by atoms with Gasteiger partial charge in [-0.05, 0) is 41.5 Å². The smallest absolute Gasteiger partial charge is 0.251 e. The molecule has 0 aliphatic carbocycles. The Morgan fingerprint density at radius 3 is 2.91 bits per heavy atom. The van der Waals surface area contributed by atoms with E-state index in [-0.39, 0.29) is 18.6 Å². The van der Waals surface area contributed by atoms with Gasteiger partial charge in [0.1, 0.15) is 0 Å². The number of nitrogens with one attached hydrogen (secondary N) is 2. The second kappa shape index (κ2) is 5.31. The van der Waals surface area contributed by atoms with Crippen LogP contribution < -0.4 is 20.1 Å². The number of hydrogen-bond acceptors (Lipinski definition) is 4. The molecule has 4 rings (SSSR count). The number of benzene rings is 2. The molecule has 2 aromatic rings. The molecule has 2 N–H and O–H groups in total. The molecule has 2 heterocycles. The van der Waals surface area contributed by atoms with Crippen molar-refractivity contribution >= 4 is 17.5 Å². The van der Waals surface area contributed by atoms with Crippen molar-refractivity contribution in [3.05, 3.63) is 53.1 Å². The highest BCUT2D eigenvalue weighted by Gasteiger charge is 2.19. The lowest BCUT2D eigenvalue weighted by Gasteiger charge is -2.07. The summed E-state index contributed by atoms with van der Waals surface area (Å²) in [5, 5.41) is 5.62. The summed E-state index contributed by atoms with van der Waals surface area (Å²) in [6.07, 6.45) is 0.318. The third-order valence-corrected chi connectivity index (χ3v) is 3.88. The number of fused-ring (bicyclic) bond motifs is 2. The van der Waals surface area contributed by atoms with Crippen LogP contribution in [-0.2, 0) is 17.8 Å². The summed E-state index contributed by atoms with van der Waals surface area (Å²) in [5.74, 6) is 1.19. The molecular formula is C17H14N2O4. The van der Waals surface area contributed by atoms with Crippen LogP contribution in [0.4, 0.5) is 5.69 Å². The van der Waals surface area contributed by atoms with Crippen LogP contribution in [0.15, 0.2) is 36.4 Å². The topological polar surface area (TPSA) is 76.7 Å². The normalized spacial score (nSPS) is 14.3. The maximum Gasteiger partial charge on any atom is 0.251 e. The SMILES string of the molecule is O=C1Cc2cc(C(=O)NCc3ccc4c(c3)OCO4)ccc2N1. The fourth-order valence-electron chi connectivity index (χ4n) is 2.71. The molecule has 0 aromatic heterocycles. The highest BCUT2D eigenvalue weighted by atomic mass is 16.7. The van der Waals surface area contributed by atoms with Gasteiger partial charge in [-0.3, -0.25) is 9.59 Å². The zero-order chi connectivity index (χ0) is 15.8. The molecule has 2 aliphatic heterocycles. The van der Waals surface area contributed by atoms with Crippen molar-refractivity contribution in [1.82, 2.24) is 5.32 Å². The van der Waals surface area contributed by atoms with Crippen LogP contribution in [0.2, 0.25) is 0 Å². The lowest BCUT2D eigenvalue weighted by Crippen LogP contribution is -2.22. The van der Waals surface area contributed by atoms with Crippen molar-refractivity contribution in [3.63, 3.8) is 0 Å². The van der Waals surface area contributed by atoms with E-state index < -0.39 is 0 Å². The van der Waals surface area contributed by atoms with Crippen LogP contribution >= 0.6 is 0 Å². The molecule has 0 unspecified atom stereocenters. The molecular weight excluding hydrogens is 296 g/mol. The third kappa shape index (κ3) is 2.59. The van der Waals surface area contributed by atoms with E-state index in [1.54, 1.807) is 18.2 Å². The van der Waals surface area contributed by atoms with E-state index in [0.29, 0.717) is 24.3 Å². The first-order valence-corrected chi connectivity index (χ1v) is 7.28. The Morgan fingerprint density at radius 1 is 1.13 bits per heavy atom. The molecule has 6 heteroatoms. The average molecular weight is 310 g/mol. The number of amides is 2. The number of carbonyl (C=O) groups is 2. The summed E-state index contributed by atoms with van der Waals surface area (Å²) in [7, 11) is 0. The van der Waals surface area contributed by atoms with Gasteiger partial charge in [0.05, 0.1) is 6.42 Å². The van der Waals surface area contributed by atoms with Crippen LogP contribution in [0.25, 0.3) is 0 Å². The van der Waals surface area contributed by atoms with Gasteiger partial charge in [-0.1, -0.05) is 6.07 Å². The van der Waals surface area contributed by atoms with Gasteiger partial charge in [-0.25, -0.2) is 0 Å². The summed E-state index contributed by atoms with van der Waals surface area (Å²) in [6, 6.07) is 10.8. The Labute approximate surface area is 132 Å². The predicted molar refractivity (Wildman–Crippen MR) is 82.5 cm³/mol. The van der Waals surface area contributed by atoms with Gasteiger partial charge in [0.25, 0.3) is 5.91 Å². The van der Waals surface area contributed by atoms with E-state index in [9.17, 15) is 9.59 Å². The first-order valence-electron chi connectivity index (χ1n) is 7.28. The maximum atomic E-state index is 12.3. The van der Waals surface area contributed by atoms with Crippen molar-refractivity contribution in [2.24, 2.45) is 0 Å². The van der Waals surface area contributed by atoms with Gasteiger partial charge in [0.2, 0.25) is 12.7 Å². The molecule has 116 valence electrons. The Morgan fingerprint density at radius 2 is 2.00 bits per heavy atom. The molecule has 0 radical (unpaired) electrons. The van der Waals surface area contributed by atoms with E-state index in [2.05, 4.69) is 10.6 Å². The van der Waals surface area contributed by atoms with Crippen molar-refractivity contribution in [1.29, 1.82) is 0 Å². The van der Waals surface area contributed by atoms with E-state index in [0.717, 1.165) is 22.6 Å². The molecule has 6 nitrogen and oxygen atoms in total. The standard InChI is InChI=1S/C17H14N2O4/c20-16-7-12-6-11(2-3-13(12)19-16)17(21)18-8-10-1-4-14-15(5-10)23-9-22-14/h1-6H,7-9H2,(H,18,21)(H,19,20). The van der Waals surface area contributed by atoms with Gasteiger partial charge in [0.15, 0.2) is 11.5 Å². The molecule has 0 atom stereocenters. The number of ether oxygens (including phenoxy) is 2. The minimum absolute atomic E-state index is 0.0436. The summed E-state index contributed by atoms with van der Waals surface area (Å²) in [4.78, 5) is 23.6. The molecule has 2 amide bonds. The van der Waals surface area contributed by atoms with Gasteiger partial charge < -0.3 is 20.1 Å². The van der Waals surface area contributed by atoms with Crippen molar-refractivity contribution in [2.45, 2.75) is 13.0 Å². The van der Waals surface area contributed by atoms with E-state index in [1.165, 1.54) is 0 Å². The van der Waals surface area contributed by atoms with Crippen molar-refractivity contribution < 1.29 is 19.1 Å². The van der Waals surface area contributed by atoms with Crippen LogP contribution in [-0.4, -0.2) is 18.6 Å². The number of hydrogen-bond donors (Lipinski definition) is 2. The van der Waals surface area contributed by atoms with E-state index in [1.807, 2.05) is 18.2 Å². The fourth-order valence-corrected chi connectivity index (χ4v) is 2.71. The zero-order valence-electron chi connectivity index (χ0n) is 12.2. The monoisotopic (exact) mass is 310 g/mol. The highest BCUT2D eigenvalue weighted by molar-refractivity contribution is 6.01. The summed E-state index contributed by atoms with van der Waals surface area (Å²) < 4.78 is 10.6. The average Bonchev–Trinajstić information content (AvgIpc) is 3.16. The Bertz CT molecular complexity index is 816. The Kier molecular flexibility index (Phi) is 3.15. The van der Waals surface area contributed by atoms with E-state index >= 15 is 0 Å². The van der Waals surface area contributed by atoms with Gasteiger partial charge in [-0.2, -0.15) is 0 Å². The first kappa shape index (κ1) is 13.6. The highest BCUT2D eigenvalue weighted by Crippen LogP contribution is 2.32. The molecule has 0 fully saturated rings. The summed E-state index contributed by atoms with van der Waals surface area (Å²) in [6.45, 7) is 0.622.